The number of halogens is 1. The van der Waals surface area contributed by atoms with Crippen molar-refractivity contribution in [2.75, 3.05) is 45.2 Å². The van der Waals surface area contributed by atoms with Crippen molar-refractivity contribution in [2.24, 2.45) is 0 Å². The smallest absolute Gasteiger partial charge is 0.326 e. The first-order valence-electron chi connectivity index (χ1n) is 9.82. The fourth-order valence-electron chi connectivity index (χ4n) is 3.01. The van der Waals surface area contributed by atoms with E-state index in [1.807, 2.05) is 13.8 Å². The van der Waals surface area contributed by atoms with E-state index in [4.69, 9.17) is 16.3 Å². The van der Waals surface area contributed by atoms with E-state index in [1.165, 1.54) is 4.90 Å². The number of carbonyl (C=O) groups excluding carboxylic acids is 4. The van der Waals surface area contributed by atoms with Crippen molar-refractivity contribution < 1.29 is 23.9 Å². The third-order valence-electron chi connectivity index (χ3n) is 4.70. The van der Waals surface area contributed by atoms with Crippen LogP contribution in [0.5, 0.6) is 5.75 Å². The molecule has 0 aliphatic carbocycles. The van der Waals surface area contributed by atoms with Gasteiger partial charge in [0.2, 0.25) is 11.8 Å². The van der Waals surface area contributed by atoms with Gasteiger partial charge in [-0.2, -0.15) is 0 Å². The molecule has 9 nitrogen and oxygen atoms in total. The average molecular weight is 439 g/mol. The van der Waals surface area contributed by atoms with Gasteiger partial charge in [-0.15, -0.1) is 0 Å². The van der Waals surface area contributed by atoms with E-state index >= 15 is 0 Å². The lowest BCUT2D eigenvalue weighted by Crippen LogP contribution is -2.34. The Labute approximate surface area is 180 Å². The fourth-order valence-corrected chi connectivity index (χ4v) is 3.25. The van der Waals surface area contributed by atoms with Crippen molar-refractivity contribution >= 4 is 41.0 Å². The lowest BCUT2D eigenvalue weighted by molar-refractivity contribution is -0.133. The van der Waals surface area contributed by atoms with Crippen LogP contribution in [-0.2, 0) is 14.4 Å². The predicted molar refractivity (Wildman–Crippen MR) is 112 cm³/mol. The van der Waals surface area contributed by atoms with Gasteiger partial charge in [-0.1, -0.05) is 11.6 Å². The molecule has 0 atom stereocenters. The molecule has 0 aromatic heterocycles. The molecular weight excluding hydrogens is 412 g/mol. The second kappa shape index (κ2) is 10.8. The second-order valence-electron chi connectivity index (χ2n) is 6.84. The molecule has 5 amide bonds. The monoisotopic (exact) mass is 438 g/mol. The van der Waals surface area contributed by atoms with Crippen LogP contribution in [0.4, 0.5) is 10.5 Å². The number of hydrogen-bond donors (Lipinski definition) is 1. The molecular formula is C20H27ClN4O5. The molecule has 1 aromatic carbocycles. The number of amides is 5. The zero-order chi connectivity index (χ0) is 22.3. The van der Waals surface area contributed by atoms with Crippen LogP contribution in [0.15, 0.2) is 18.2 Å². The number of likely N-dealkylation sites (N-methyl/N-ethyl adjacent to an activating group) is 2. The maximum absolute atomic E-state index is 12.1. The number of hydrogen-bond acceptors (Lipinski definition) is 5. The summed E-state index contributed by atoms with van der Waals surface area (Å²) in [7, 11) is 1.56. The maximum atomic E-state index is 12.1. The number of benzene rings is 1. The van der Waals surface area contributed by atoms with E-state index in [-0.39, 0.29) is 54.9 Å². The van der Waals surface area contributed by atoms with E-state index < -0.39 is 0 Å². The molecule has 1 aliphatic heterocycles. The minimum absolute atomic E-state index is 0.0679. The van der Waals surface area contributed by atoms with Crippen molar-refractivity contribution in [2.45, 2.75) is 26.7 Å². The topological polar surface area (TPSA) is 99.3 Å². The van der Waals surface area contributed by atoms with Gasteiger partial charge in [-0.25, -0.2) is 4.79 Å². The van der Waals surface area contributed by atoms with Gasteiger partial charge in [-0.3, -0.25) is 19.3 Å². The number of imide groups is 1. The minimum Gasteiger partial charge on any atom is -0.482 e. The molecule has 1 fully saturated rings. The number of anilines is 1. The maximum Gasteiger partial charge on any atom is 0.326 e. The summed E-state index contributed by atoms with van der Waals surface area (Å²) in [5.41, 5.74) is 0.487. The Bertz CT molecular complexity index is 812. The Balaban J connectivity index is 1.80. The SMILES string of the molecule is CCN(CC)C(=O)COc1ccc(NC(=O)CCCN2C(=O)CN(C)C2=O)cc1Cl. The molecule has 0 spiro atoms. The van der Waals surface area contributed by atoms with Crippen LogP contribution in [0.2, 0.25) is 5.02 Å². The Morgan fingerprint density at radius 3 is 2.50 bits per heavy atom. The van der Waals surface area contributed by atoms with E-state index in [1.54, 1.807) is 30.1 Å². The summed E-state index contributed by atoms with van der Waals surface area (Å²) in [6, 6.07) is 4.41. The van der Waals surface area contributed by atoms with E-state index in [0.29, 0.717) is 30.9 Å². The van der Waals surface area contributed by atoms with Gasteiger partial charge in [0.1, 0.15) is 12.3 Å². The van der Waals surface area contributed by atoms with Crippen molar-refractivity contribution in [3.8, 4) is 5.75 Å². The van der Waals surface area contributed by atoms with Crippen LogP contribution < -0.4 is 10.1 Å². The molecule has 10 heteroatoms. The first-order chi connectivity index (χ1) is 14.3. The van der Waals surface area contributed by atoms with Crippen molar-refractivity contribution in [3.63, 3.8) is 0 Å². The van der Waals surface area contributed by atoms with Gasteiger partial charge in [0, 0.05) is 38.8 Å². The summed E-state index contributed by atoms with van der Waals surface area (Å²) in [4.78, 5) is 51.8. The molecule has 0 bridgehead atoms. The van der Waals surface area contributed by atoms with Gasteiger partial charge < -0.3 is 19.9 Å². The Hall–Kier alpha value is -2.81. The Morgan fingerprint density at radius 1 is 1.23 bits per heavy atom. The van der Waals surface area contributed by atoms with Crippen LogP contribution >= 0.6 is 11.6 Å². The highest BCUT2D eigenvalue weighted by atomic mass is 35.5. The number of urea groups is 1. The largest absolute Gasteiger partial charge is 0.482 e. The lowest BCUT2D eigenvalue weighted by atomic mass is 10.2. The summed E-state index contributed by atoms with van der Waals surface area (Å²) in [5, 5.41) is 2.99. The molecule has 0 saturated carbocycles. The lowest BCUT2D eigenvalue weighted by Gasteiger charge is -2.19. The highest BCUT2D eigenvalue weighted by Crippen LogP contribution is 2.28. The summed E-state index contributed by atoms with van der Waals surface area (Å²) < 4.78 is 5.48. The Kier molecular flexibility index (Phi) is 8.46. The zero-order valence-corrected chi connectivity index (χ0v) is 18.2. The van der Waals surface area contributed by atoms with Gasteiger partial charge in [0.25, 0.3) is 5.91 Å². The number of rotatable bonds is 10. The zero-order valence-electron chi connectivity index (χ0n) is 17.4. The van der Waals surface area contributed by atoms with Gasteiger partial charge in [0.15, 0.2) is 6.61 Å². The van der Waals surface area contributed by atoms with Gasteiger partial charge in [-0.05, 0) is 38.5 Å². The van der Waals surface area contributed by atoms with Crippen LogP contribution in [0.3, 0.4) is 0 Å². The van der Waals surface area contributed by atoms with Crippen LogP contribution in [0.25, 0.3) is 0 Å². The number of carbonyl (C=O) groups is 4. The van der Waals surface area contributed by atoms with E-state index in [2.05, 4.69) is 5.32 Å². The quantitative estimate of drug-likeness (QED) is 0.564. The number of nitrogens with one attached hydrogen (secondary N) is 1. The first-order valence-corrected chi connectivity index (χ1v) is 10.2. The predicted octanol–water partition coefficient (Wildman–Crippen LogP) is 2.20. The normalized spacial score (nSPS) is 13.6. The van der Waals surface area contributed by atoms with E-state index in [9.17, 15) is 19.2 Å². The summed E-state index contributed by atoms with van der Waals surface area (Å²) in [6.45, 7) is 5.15. The number of ether oxygens (including phenoxy) is 1. The van der Waals surface area contributed by atoms with Crippen molar-refractivity contribution in [3.05, 3.63) is 23.2 Å². The van der Waals surface area contributed by atoms with Crippen molar-refractivity contribution in [1.82, 2.24) is 14.7 Å². The molecule has 1 N–H and O–H groups in total. The van der Waals surface area contributed by atoms with Crippen LogP contribution in [0.1, 0.15) is 26.7 Å². The molecule has 164 valence electrons. The highest BCUT2D eigenvalue weighted by Gasteiger charge is 2.32. The fraction of sp³-hybridized carbons (Fsp3) is 0.500. The molecule has 2 rings (SSSR count). The van der Waals surface area contributed by atoms with Crippen molar-refractivity contribution in [1.29, 1.82) is 0 Å². The molecule has 1 aromatic rings. The summed E-state index contributed by atoms with van der Waals surface area (Å²) >= 11 is 6.19. The number of nitrogens with zero attached hydrogens (tertiary/aromatic N) is 3. The molecule has 1 aliphatic rings. The first kappa shape index (κ1) is 23.5. The van der Waals surface area contributed by atoms with Gasteiger partial charge >= 0.3 is 6.03 Å². The van der Waals surface area contributed by atoms with Crippen LogP contribution in [-0.4, -0.2) is 78.3 Å². The summed E-state index contributed by atoms with van der Waals surface area (Å²) in [6.07, 6.45) is 0.508. The van der Waals surface area contributed by atoms with Gasteiger partial charge in [0.05, 0.1) is 5.02 Å². The average Bonchev–Trinajstić information content (AvgIpc) is 2.94. The highest BCUT2D eigenvalue weighted by molar-refractivity contribution is 6.32. The van der Waals surface area contributed by atoms with Crippen LogP contribution in [0, 0.1) is 0 Å². The van der Waals surface area contributed by atoms with E-state index in [0.717, 1.165) is 4.90 Å². The minimum atomic E-state index is -0.345. The summed E-state index contributed by atoms with van der Waals surface area (Å²) in [5.74, 6) is -0.298. The molecule has 30 heavy (non-hydrogen) atoms. The molecule has 0 unspecified atom stereocenters. The third-order valence-corrected chi connectivity index (χ3v) is 4.99. The molecule has 1 heterocycles. The molecule has 1 saturated heterocycles. The second-order valence-corrected chi connectivity index (χ2v) is 7.24. The standard InChI is InChI=1S/C20H27ClN4O5/c1-4-24(5-2)19(28)13-30-16-9-8-14(11-15(16)21)22-17(26)7-6-10-25-18(27)12-23(3)20(25)29/h8-9,11H,4-7,10,12-13H2,1-3H3,(H,22,26). The third kappa shape index (κ3) is 6.09. The Morgan fingerprint density at radius 2 is 1.93 bits per heavy atom. The molecule has 0 radical (unpaired) electrons.